The van der Waals surface area contributed by atoms with Gasteiger partial charge in [0.25, 0.3) is 0 Å². The van der Waals surface area contributed by atoms with Crippen molar-refractivity contribution in [1.29, 1.82) is 5.26 Å². The first-order chi connectivity index (χ1) is 11.1. The fourth-order valence-corrected chi connectivity index (χ4v) is 2.81. The Morgan fingerprint density at radius 2 is 1.78 bits per heavy atom. The second-order valence-electron chi connectivity index (χ2n) is 5.45. The number of hydrogen-bond acceptors (Lipinski definition) is 6. The summed E-state index contributed by atoms with van der Waals surface area (Å²) in [6, 6.07) is 7.81. The molecule has 23 heavy (non-hydrogen) atoms. The Balaban J connectivity index is 1.94. The number of ether oxygens (including phenoxy) is 2. The second kappa shape index (κ2) is 6.13. The summed E-state index contributed by atoms with van der Waals surface area (Å²) in [5.74, 6) is 2.07. The van der Waals surface area contributed by atoms with Crippen molar-refractivity contribution in [3.05, 3.63) is 40.7 Å². The highest BCUT2D eigenvalue weighted by Gasteiger charge is 2.21. The number of fused-ring (bicyclic) bond motifs is 1. The van der Waals surface area contributed by atoms with Gasteiger partial charge in [0, 0.05) is 18.8 Å². The summed E-state index contributed by atoms with van der Waals surface area (Å²) in [5, 5.41) is 9.08. The van der Waals surface area contributed by atoms with Crippen molar-refractivity contribution in [2.75, 3.05) is 25.7 Å². The summed E-state index contributed by atoms with van der Waals surface area (Å²) in [5.41, 5.74) is 3.60. The molecule has 0 amide bonds. The highest BCUT2D eigenvalue weighted by molar-refractivity contribution is 5.51. The second-order valence-corrected chi connectivity index (χ2v) is 5.45. The van der Waals surface area contributed by atoms with Gasteiger partial charge in [0.2, 0.25) is 5.95 Å². The zero-order valence-corrected chi connectivity index (χ0v) is 13.5. The average Bonchev–Trinajstić information content (AvgIpc) is 2.59. The van der Waals surface area contributed by atoms with Gasteiger partial charge in [0.1, 0.15) is 11.8 Å². The number of nitriles is 1. The van der Waals surface area contributed by atoms with E-state index < -0.39 is 0 Å². The third-order valence-electron chi connectivity index (χ3n) is 3.96. The summed E-state index contributed by atoms with van der Waals surface area (Å²) >= 11 is 0. The molecule has 2 heterocycles. The Kier molecular flexibility index (Phi) is 4.02. The van der Waals surface area contributed by atoms with Crippen LogP contribution in [-0.2, 0) is 13.0 Å². The van der Waals surface area contributed by atoms with E-state index >= 15 is 0 Å². The monoisotopic (exact) mass is 310 g/mol. The van der Waals surface area contributed by atoms with Crippen LogP contribution in [-0.4, -0.2) is 30.7 Å². The van der Waals surface area contributed by atoms with Crippen LogP contribution in [0.5, 0.6) is 11.5 Å². The molecule has 3 rings (SSSR count). The molecule has 6 nitrogen and oxygen atoms in total. The van der Waals surface area contributed by atoms with Gasteiger partial charge >= 0.3 is 0 Å². The number of nitrogens with zero attached hydrogens (tertiary/aromatic N) is 4. The largest absolute Gasteiger partial charge is 0.493 e. The van der Waals surface area contributed by atoms with Gasteiger partial charge in [0.05, 0.1) is 14.2 Å². The quantitative estimate of drug-likeness (QED) is 0.866. The highest BCUT2D eigenvalue weighted by Crippen LogP contribution is 2.33. The minimum atomic E-state index is 0.394. The molecule has 1 aliphatic rings. The Hall–Kier alpha value is -2.81. The van der Waals surface area contributed by atoms with Crippen LogP contribution in [0.25, 0.3) is 0 Å². The Morgan fingerprint density at radius 3 is 2.43 bits per heavy atom. The van der Waals surface area contributed by atoms with E-state index in [4.69, 9.17) is 14.7 Å². The molecule has 0 N–H and O–H groups in total. The standard InChI is InChI=1S/C17H18N4O2/c1-11-6-14(9-18)20-17(19-11)21-5-4-12-7-15(22-2)16(23-3)8-13(12)10-21/h6-8H,4-5,10H2,1-3H3. The maximum absolute atomic E-state index is 9.08. The fourth-order valence-electron chi connectivity index (χ4n) is 2.81. The normalized spacial score (nSPS) is 13.2. The van der Waals surface area contributed by atoms with Crippen LogP contribution >= 0.6 is 0 Å². The molecular weight excluding hydrogens is 292 g/mol. The molecule has 0 saturated heterocycles. The first-order valence-corrected chi connectivity index (χ1v) is 7.39. The summed E-state index contributed by atoms with van der Waals surface area (Å²) in [4.78, 5) is 10.9. The van der Waals surface area contributed by atoms with Crippen molar-refractivity contribution >= 4 is 5.95 Å². The number of anilines is 1. The van der Waals surface area contributed by atoms with Gasteiger partial charge in [-0.2, -0.15) is 5.26 Å². The molecule has 1 aromatic carbocycles. The molecule has 0 unspecified atom stereocenters. The molecule has 6 heteroatoms. The number of aryl methyl sites for hydroxylation is 1. The van der Waals surface area contributed by atoms with Crippen molar-refractivity contribution in [3.63, 3.8) is 0 Å². The van der Waals surface area contributed by atoms with Crippen LogP contribution in [0, 0.1) is 18.3 Å². The number of rotatable bonds is 3. The predicted octanol–water partition coefficient (Wildman–Crippen LogP) is 2.24. The smallest absolute Gasteiger partial charge is 0.227 e. The van der Waals surface area contributed by atoms with Gasteiger partial charge in [-0.3, -0.25) is 0 Å². The third-order valence-corrected chi connectivity index (χ3v) is 3.96. The topological polar surface area (TPSA) is 71.3 Å². The molecule has 1 aromatic heterocycles. The number of hydrogen-bond donors (Lipinski definition) is 0. The van der Waals surface area contributed by atoms with Crippen molar-refractivity contribution in [2.45, 2.75) is 19.9 Å². The fraction of sp³-hybridized carbons (Fsp3) is 0.353. The SMILES string of the molecule is COc1cc2c(cc1OC)CN(c1nc(C)cc(C#N)n1)CC2. The minimum absolute atomic E-state index is 0.394. The van der Waals surface area contributed by atoms with E-state index in [9.17, 15) is 0 Å². The van der Waals surface area contributed by atoms with Gasteiger partial charge in [-0.1, -0.05) is 0 Å². The molecule has 0 fully saturated rings. The number of methoxy groups -OCH3 is 2. The molecule has 0 radical (unpaired) electrons. The van der Waals surface area contributed by atoms with E-state index in [1.54, 1.807) is 20.3 Å². The Labute approximate surface area is 135 Å². The van der Waals surface area contributed by atoms with Gasteiger partial charge in [0.15, 0.2) is 11.5 Å². The lowest BCUT2D eigenvalue weighted by molar-refractivity contribution is 0.353. The first kappa shape index (κ1) is 15.1. The molecule has 0 aliphatic carbocycles. The maximum atomic E-state index is 9.08. The first-order valence-electron chi connectivity index (χ1n) is 7.39. The maximum Gasteiger partial charge on any atom is 0.227 e. The summed E-state index contributed by atoms with van der Waals surface area (Å²) in [6.45, 7) is 3.36. The zero-order valence-electron chi connectivity index (χ0n) is 13.5. The Morgan fingerprint density at radius 1 is 1.09 bits per heavy atom. The summed E-state index contributed by atoms with van der Waals surface area (Å²) in [7, 11) is 3.27. The van der Waals surface area contributed by atoms with Crippen molar-refractivity contribution in [1.82, 2.24) is 9.97 Å². The van der Waals surface area contributed by atoms with E-state index in [-0.39, 0.29) is 0 Å². The lowest BCUT2D eigenvalue weighted by Gasteiger charge is -2.29. The lowest BCUT2D eigenvalue weighted by Crippen LogP contribution is -2.32. The number of benzene rings is 1. The minimum Gasteiger partial charge on any atom is -0.493 e. The molecule has 1 aliphatic heterocycles. The van der Waals surface area contributed by atoms with Gasteiger partial charge in [-0.25, -0.2) is 9.97 Å². The number of aromatic nitrogens is 2. The summed E-state index contributed by atoms with van der Waals surface area (Å²) < 4.78 is 10.7. The molecule has 118 valence electrons. The van der Waals surface area contributed by atoms with Crippen LogP contribution in [0.1, 0.15) is 22.5 Å². The zero-order chi connectivity index (χ0) is 16.4. The van der Waals surface area contributed by atoms with E-state index in [1.807, 2.05) is 19.1 Å². The molecule has 0 saturated carbocycles. The summed E-state index contributed by atoms with van der Waals surface area (Å²) in [6.07, 6.45) is 0.870. The molecule has 0 spiro atoms. The van der Waals surface area contributed by atoms with Crippen LogP contribution < -0.4 is 14.4 Å². The van der Waals surface area contributed by atoms with E-state index in [0.717, 1.165) is 35.7 Å². The molecular formula is C17H18N4O2. The van der Waals surface area contributed by atoms with Crippen molar-refractivity contribution < 1.29 is 9.47 Å². The van der Waals surface area contributed by atoms with E-state index in [2.05, 4.69) is 20.9 Å². The Bertz CT molecular complexity index is 783. The average molecular weight is 310 g/mol. The van der Waals surface area contributed by atoms with E-state index in [1.165, 1.54) is 5.56 Å². The molecule has 2 aromatic rings. The van der Waals surface area contributed by atoms with Gasteiger partial charge < -0.3 is 14.4 Å². The van der Waals surface area contributed by atoms with Crippen molar-refractivity contribution in [3.8, 4) is 17.6 Å². The van der Waals surface area contributed by atoms with E-state index in [0.29, 0.717) is 18.2 Å². The predicted molar refractivity (Wildman–Crippen MR) is 85.8 cm³/mol. The van der Waals surface area contributed by atoms with Crippen molar-refractivity contribution in [2.24, 2.45) is 0 Å². The van der Waals surface area contributed by atoms with Crippen LogP contribution in [0.2, 0.25) is 0 Å². The van der Waals surface area contributed by atoms with Crippen LogP contribution in [0.15, 0.2) is 18.2 Å². The third kappa shape index (κ3) is 2.90. The van der Waals surface area contributed by atoms with Gasteiger partial charge in [-0.05, 0) is 42.7 Å². The van der Waals surface area contributed by atoms with Crippen LogP contribution in [0.4, 0.5) is 5.95 Å². The molecule has 0 bridgehead atoms. The lowest BCUT2D eigenvalue weighted by atomic mass is 9.99. The molecule has 0 atom stereocenters. The van der Waals surface area contributed by atoms with Crippen LogP contribution in [0.3, 0.4) is 0 Å². The van der Waals surface area contributed by atoms with Gasteiger partial charge in [-0.15, -0.1) is 0 Å². The highest BCUT2D eigenvalue weighted by atomic mass is 16.5.